The molecule has 1 aromatic carbocycles. The Kier molecular flexibility index (Phi) is 5.12. The number of carboxylic acids is 2. The van der Waals surface area contributed by atoms with Crippen LogP contribution < -0.4 is 0 Å². The van der Waals surface area contributed by atoms with Gasteiger partial charge in [0.15, 0.2) is 0 Å². The lowest BCUT2D eigenvalue weighted by Gasteiger charge is -2.00. The third kappa shape index (κ3) is 4.94. The molecule has 0 saturated heterocycles. The molecule has 0 radical (unpaired) electrons. The fourth-order valence-corrected chi connectivity index (χ4v) is 1.27. The highest BCUT2D eigenvalue weighted by molar-refractivity contribution is 5.86. The van der Waals surface area contributed by atoms with E-state index in [0.717, 1.165) is 17.7 Å². The summed E-state index contributed by atoms with van der Waals surface area (Å²) in [7, 11) is 0. The van der Waals surface area contributed by atoms with E-state index in [4.69, 9.17) is 10.2 Å². The molecule has 1 rings (SSSR count). The first-order valence-electron chi connectivity index (χ1n) is 5.17. The molecule has 0 saturated carbocycles. The van der Waals surface area contributed by atoms with Crippen LogP contribution in [-0.4, -0.2) is 22.2 Å². The van der Waals surface area contributed by atoms with Crippen LogP contribution in [0.25, 0.3) is 5.57 Å². The van der Waals surface area contributed by atoms with Gasteiger partial charge in [-0.05, 0) is 17.2 Å². The highest BCUT2D eigenvalue weighted by Crippen LogP contribution is 2.15. The number of rotatable bonds is 5. The van der Waals surface area contributed by atoms with Crippen LogP contribution in [0, 0.1) is 0 Å². The van der Waals surface area contributed by atoms with Gasteiger partial charge in [-0.25, -0.2) is 9.59 Å². The summed E-state index contributed by atoms with van der Waals surface area (Å²) in [5.74, 6) is -2.11. The van der Waals surface area contributed by atoms with Crippen molar-refractivity contribution in [2.75, 3.05) is 0 Å². The molecule has 0 aliphatic rings. The van der Waals surface area contributed by atoms with Gasteiger partial charge in [0.25, 0.3) is 0 Å². The van der Waals surface area contributed by atoms with E-state index in [0.29, 0.717) is 5.57 Å². The van der Waals surface area contributed by atoms with Gasteiger partial charge >= 0.3 is 11.9 Å². The van der Waals surface area contributed by atoms with Crippen LogP contribution in [0.5, 0.6) is 0 Å². The average Bonchev–Trinajstić information content (AvgIpc) is 2.34. The van der Waals surface area contributed by atoms with Crippen molar-refractivity contribution in [1.29, 1.82) is 0 Å². The number of carboxylic acid groups (broad SMARTS) is 2. The molecule has 0 aliphatic heterocycles. The Morgan fingerprint density at radius 2 is 1.50 bits per heavy atom. The molecule has 0 fully saturated rings. The predicted molar refractivity (Wildman–Crippen MR) is 68.0 cm³/mol. The molecular weight excluding hydrogens is 232 g/mol. The van der Waals surface area contributed by atoms with Gasteiger partial charge in [-0.15, -0.1) is 0 Å². The lowest BCUT2D eigenvalue weighted by atomic mass is 10.0. The van der Waals surface area contributed by atoms with Crippen molar-refractivity contribution in [3.63, 3.8) is 0 Å². The van der Waals surface area contributed by atoms with Crippen LogP contribution in [0.1, 0.15) is 5.56 Å². The van der Waals surface area contributed by atoms with E-state index < -0.39 is 11.9 Å². The Labute approximate surface area is 104 Å². The monoisotopic (exact) mass is 244 g/mol. The van der Waals surface area contributed by atoms with Crippen molar-refractivity contribution in [2.24, 2.45) is 0 Å². The van der Waals surface area contributed by atoms with Gasteiger partial charge in [0, 0.05) is 12.2 Å². The summed E-state index contributed by atoms with van der Waals surface area (Å²) < 4.78 is 0. The van der Waals surface area contributed by atoms with Gasteiger partial charge in [-0.3, -0.25) is 0 Å². The van der Waals surface area contributed by atoms with Gasteiger partial charge in [0.1, 0.15) is 0 Å². The first kappa shape index (κ1) is 13.4. The standard InChI is InChI=1S/C14H12O4/c15-13(16)8-4-7-12(9-10-14(17)18)11-5-2-1-3-6-11/h1-10H,(H,15,16)(H,17,18)/b8-4+,10-9+,12-7-. The van der Waals surface area contributed by atoms with Crippen molar-refractivity contribution >= 4 is 17.5 Å². The summed E-state index contributed by atoms with van der Waals surface area (Å²) in [5.41, 5.74) is 1.43. The van der Waals surface area contributed by atoms with Crippen molar-refractivity contribution in [2.45, 2.75) is 0 Å². The van der Waals surface area contributed by atoms with Crippen LogP contribution in [0.15, 0.2) is 60.7 Å². The van der Waals surface area contributed by atoms with Crippen LogP contribution >= 0.6 is 0 Å². The number of allylic oxidation sites excluding steroid dienone is 4. The minimum absolute atomic E-state index is 0.621. The molecule has 18 heavy (non-hydrogen) atoms. The molecule has 1 aromatic rings. The third-order valence-electron chi connectivity index (χ3n) is 2.03. The van der Waals surface area contributed by atoms with Crippen molar-refractivity contribution in [3.8, 4) is 0 Å². The zero-order valence-electron chi connectivity index (χ0n) is 9.48. The zero-order chi connectivity index (χ0) is 13.4. The Balaban J connectivity index is 3.03. The summed E-state index contributed by atoms with van der Waals surface area (Å²) in [4.78, 5) is 20.8. The molecule has 0 atom stereocenters. The molecule has 4 nitrogen and oxygen atoms in total. The van der Waals surface area contributed by atoms with Crippen LogP contribution in [0.4, 0.5) is 0 Å². The first-order valence-corrected chi connectivity index (χ1v) is 5.17. The van der Waals surface area contributed by atoms with E-state index in [9.17, 15) is 9.59 Å². The smallest absolute Gasteiger partial charge is 0.328 e. The summed E-state index contributed by atoms with van der Waals surface area (Å²) in [5, 5.41) is 17.1. The van der Waals surface area contributed by atoms with Crippen LogP contribution in [0.2, 0.25) is 0 Å². The van der Waals surface area contributed by atoms with Crippen molar-refractivity contribution < 1.29 is 19.8 Å². The molecule has 0 aromatic heterocycles. The number of hydrogen-bond acceptors (Lipinski definition) is 2. The van der Waals surface area contributed by atoms with Gasteiger partial charge in [-0.1, -0.05) is 42.5 Å². The lowest BCUT2D eigenvalue weighted by Crippen LogP contribution is -1.88. The summed E-state index contributed by atoms with van der Waals surface area (Å²) in [6.07, 6.45) is 6.31. The molecule has 92 valence electrons. The molecule has 0 heterocycles. The Morgan fingerprint density at radius 3 is 2.06 bits per heavy atom. The van der Waals surface area contributed by atoms with Crippen molar-refractivity contribution in [1.82, 2.24) is 0 Å². The largest absolute Gasteiger partial charge is 0.478 e. The number of aliphatic carboxylic acids is 2. The van der Waals surface area contributed by atoms with Crippen molar-refractivity contribution in [3.05, 3.63) is 66.3 Å². The fraction of sp³-hybridized carbons (Fsp3) is 0. The SMILES string of the molecule is O=C(O)/C=C/C=C(/C=C/C(=O)O)c1ccccc1. The highest BCUT2D eigenvalue weighted by Gasteiger charge is 1.97. The second kappa shape index (κ2) is 6.85. The molecule has 0 bridgehead atoms. The second-order valence-electron chi connectivity index (χ2n) is 3.36. The molecule has 4 heteroatoms. The zero-order valence-corrected chi connectivity index (χ0v) is 9.48. The minimum Gasteiger partial charge on any atom is -0.478 e. The normalized spacial score (nSPS) is 12.1. The minimum atomic E-state index is -1.06. The maximum atomic E-state index is 10.5. The molecule has 0 amide bonds. The average molecular weight is 244 g/mol. The Bertz CT molecular complexity index is 510. The maximum Gasteiger partial charge on any atom is 0.328 e. The summed E-state index contributed by atoms with van der Waals surface area (Å²) in [6.45, 7) is 0. The fourth-order valence-electron chi connectivity index (χ4n) is 1.27. The van der Waals surface area contributed by atoms with E-state index in [2.05, 4.69) is 0 Å². The van der Waals surface area contributed by atoms with Gasteiger partial charge in [-0.2, -0.15) is 0 Å². The number of benzene rings is 1. The third-order valence-corrected chi connectivity index (χ3v) is 2.03. The number of carbonyl (C=O) groups is 2. The molecule has 0 aliphatic carbocycles. The predicted octanol–water partition coefficient (Wildman–Crippen LogP) is 2.35. The lowest BCUT2D eigenvalue weighted by molar-refractivity contribution is -0.132. The molecule has 0 spiro atoms. The Morgan fingerprint density at radius 1 is 0.889 bits per heavy atom. The number of hydrogen-bond donors (Lipinski definition) is 2. The van der Waals surface area contributed by atoms with Gasteiger partial charge in [0.05, 0.1) is 0 Å². The van der Waals surface area contributed by atoms with E-state index in [1.54, 1.807) is 6.08 Å². The summed E-state index contributed by atoms with van der Waals surface area (Å²) >= 11 is 0. The van der Waals surface area contributed by atoms with E-state index >= 15 is 0 Å². The van der Waals surface area contributed by atoms with Gasteiger partial charge < -0.3 is 10.2 Å². The quantitative estimate of drug-likeness (QED) is 0.616. The molecular formula is C14H12O4. The van der Waals surface area contributed by atoms with E-state index in [-0.39, 0.29) is 0 Å². The Hall–Kier alpha value is -2.62. The van der Waals surface area contributed by atoms with Crippen LogP contribution in [-0.2, 0) is 9.59 Å². The van der Waals surface area contributed by atoms with Gasteiger partial charge in [0.2, 0.25) is 0 Å². The maximum absolute atomic E-state index is 10.5. The second-order valence-corrected chi connectivity index (χ2v) is 3.36. The first-order chi connectivity index (χ1) is 8.59. The topological polar surface area (TPSA) is 74.6 Å². The highest BCUT2D eigenvalue weighted by atomic mass is 16.4. The van der Waals surface area contributed by atoms with Crippen LogP contribution in [0.3, 0.4) is 0 Å². The van der Waals surface area contributed by atoms with E-state index in [1.807, 2.05) is 30.3 Å². The summed E-state index contributed by atoms with van der Waals surface area (Å²) in [6, 6.07) is 9.10. The van der Waals surface area contributed by atoms with E-state index in [1.165, 1.54) is 12.2 Å². The molecule has 2 N–H and O–H groups in total. The molecule has 0 unspecified atom stereocenters.